The molecule has 0 bridgehead atoms. The molecule has 1 aliphatic heterocycles. The van der Waals surface area contributed by atoms with E-state index in [0.717, 1.165) is 18.5 Å². The standard InChI is InChI=1S/C12H15ClN2O/c13-10-4-1-3-9(7-10)11(14)8-15-6-2-5-12(15)16/h1,3-4,7,11H,2,5-6,8,14H2. The van der Waals surface area contributed by atoms with Crippen molar-refractivity contribution in [3.05, 3.63) is 34.9 Å². The van der Waals surface area contributed by atoms with Gasteiger partial charge in [-0.25, -0.2) is 0 Å². The number of rotatable bonds is 3. The molecular formula is C12H15ClN2O. The molecule has 4 heteroatoms. The summed E-state index contributed by atoms with van der Waals surface area (Å²) >= 11 is 5.90. The van der Waals surface area contributed by atoms with Gasteiger partial charge < -0.3 is 10.6 Å². The monoisotopic (exact) mass is 238 g/mol. The Morgan fingerprint density at radius 1 is 1.50 bits per heavy atom. The Balaban J connectivity index is 2.02. The molecule has 2 N–H and O–H groups in total. The van der Waals surface area contributed by atoms with Crippen LogP contribution in [-0.4, -0.2) is 23.9 Å². The molecule has 16 heavy (non-hydrogen) atoms. The highest BCUT2D eigenvalue weighted by Crippen LogP contribution is 2.19. The Bertz CT molecular complexity index is 394. The highest BCUT2D eigenvalue weighted by molar-refractivity contribution is 6.30. The molecular weight excluding hydrogens is 224 g/mol. The number of halogens is 1. The topological polar surface area (TPSA) is 46.3 Å². The number of nitrogens with two attached hydrogens (primary N) is 1. The second-order valence-corrected chi connectivity index (χ2v) is 4.54. The van der Waals surface area contributed by atoms with Crippen molar-refractivity contribution in [3.8, 4) is 0 Å². The lowest BCUT2D eigenvalue weighted by atomic mass is 10.1. The zero-order valence-corrected chi connectivity index (χ0v) is 9.78. The smallest absolute Gasteiger partial charge is 0.222 e. The Morgan fingerprint density at radius 3 is 2.94 bits per heavy atom. The average molecular weight is 239 g/mol. The Hall–Kier alpha value is -1.06. The summed E-state index contributed by atoms with van der Waals surface area (Å²) in [4.78, 5) is 13.3. The predicted molar refractivity (Wildman–Crippen MR) is 64.2 cm³/mol. The van der Waals surface area contributed by atoms with Crippen LogP contribution in [0.15, 0.2) is 24.3 Å². The summed E-state index contributed by atoms with van der Waals surface area (Å²) in [7, 11) is 0. The van der Waals surface area contributed by atoms with Gasteiger partial charge in [-0.2, -0.15) is 0 Å². The molecule has 0 spiro atoms. The van der Waals surface area contributed by atoms with Crippen molar-refractivity contribution in [2.45, 2.75) is 18.9 Å². The number of carbonyl (C=O) groups excluding carboxylic acids is 1. The van der Waals surface area contributed by atoms with E-state index in [9.17, 15) is 4.79 Å². The molecule has 0 radical (unpaired) electrons. The quantitative estimate of drug-likeness (QED) is 0.875. The molecule has 1 saturated heterocycles. The molecule has 1 aromatic carbocycles. The van der Waals surface area contributed by atoms with Crippen molar-refractivity contribution < 1.29 is 4.79 Å². The molecule has 1 aliphatic rings. The van der Waals surface area contributed by atoms with Crippen LogP contribution < -0.4 is 5.73 Å². The Labute approximate surface area is 100 Å². The first-order valence-electron chi connectivity index (χ1n) is 5.45. The van der Waals surface area contributed by atoms with Gasteiger partial charge >= 0.3 is 0 Å². The van der Waals surface area contributed by atoms with Gasteiger partial charge in [0, 0.05) is 30.6 Å². The fraction of sp³-hybridized carbons (Fsp3) is 0.417. The van der Waals surface area contributed by atoms with Crippen molar-refractivity contribution in [2.75, 3.05) is 13.1 Å². The first-order chi connectivity index (χ1) is 7.66. The molecule has 1 heterocycles. The van der Waals surface area contributed by atoms with Crippen LogP contribution in [0, 0.1) is 0 Å². The lowest BCUT2D eigenvalue weighted by molar-refractivity contribution is -0.127. The van der Waals surface area contributed by atoms with Gasteiger partial charge in [-0.1, -0.05) is 23.7 Å². The van der Waals surface area contributed by atoms with E-state index in [1.54, 1.807) is 0 Å². The molecule has 2 rings (SSSR count). The molecule has 1 amide bonds. The number of hydrogen-bond acceptors (Lipinski definition) is 2. The maximum absolute atomic E-state index is 11.5. The van der Waals surface area contributed by atoms with Crippen LogP contribution in [0.5, 0.6) is 0 Å². The van der Waals surface area contributed by atoms with Gasteiger partial charge in [0.25, 0.3) is 0 Å². The van der Waals surface area contributed by atoms with Crippen LogP contribution in [0.1, 0.15) is 24.4 Å². The SMILES string of the molecule is NC(CN1CCCC1=O)c1cccc(Cl)c1. The van der Waals surface area contributed by atoms with Crippen LogP contribution in [0.3, 0.4) is 0 Å². The fourth-order valence-electron chi connectivity index (χ4n) is 1.98. The third-order valence-corrected chi connectivity index (χ3v) is 3.10. The predicted octanol–water partition coefficient (Wildman–Crippen LogP) is 1.96. The van der Waals surface area contributed by atoms with E-state index >= 15 is 0 Å². The normalized spacial score (nSPS) is 17.9. The van der Waals surface area contributed by atoms with E-state index in [-0.39, 0.29) is 11.9 Å². The second kappa shape index (κ2) is 4.85. The molecule has 1 atom stereocenters. The molecule has 3 nitrogen and oxygen atoms in total. The van der Waals surface area contributed by atoms with Crippen LogP contribution in [0.2, 0.25) is 5.02 Å². The van der Waals surface area contributed by atoms with Gasteiger partial charge in [0.1, 0.15) is 0 Å². The number of amides is 1. The lowest BCUT2D eigenvalue weighted by Crippen LogP contribution is -2.32. The minimum absolute atomic E-state index is 0.152. The van der Waals surface area contributed by atoms with E-state index in [4.69, 9.17) is 17.3 Å². The highest BCUT2D eigenvalue weighted by Gasteiger charge is 2.22. The minimum atomic E-state index is -0.152. The molecule has 1 aromatic rings. The first-order valence-corrected chi connectivity index (χ1v) is 5.83. The largest absolute Gasteiger partial charge is 0.341 e. The fourth-order valence-corrected chi connectivity index (χ4v) is 2.18. The summed E-state index contributed by atoms with van der Waals surface area (Å²) in [5, 5.41) is 0.681. The van der Waals surface area contributed by atoms with Gasteiger partial charge in [-0.05, 0) is 24.1 Å². The third-order valence-electron chi connectivity index (χ3n) is 2.87. The maximum Gasteiger partial charge on any atom is 0.222 e. The van der Waals surface area contributed by atoms with Crippen molar-refractivity contribution in [1.29, 1.82) is 0 Å². The van der Waals surface area contributed by atoms with Crippen LogP contribution in [0.4, 0.5) is 0 Å². The van der Waals surface area contributed by atoms with E-state index in [1.807, 2.05) is 29.2 Å². The van der Waals surface area contributed by atoms with Crippen molar-refractivity contribution >= 4 is 17.5 Å². The number of hydrogen-bond donors (Lipinski definition) is 1. The molecule has 0 aliphatic carbocycles. The van der Waals surface area contributed by atoms with Crippen molar-refractivity contribution in [2.24, 2.45) is 5.73 Å². The second-order valence-electron chi connectivity index (χ2n) is 4.10. The highest BCUT2D eigenvalue weighted by atomic mass is 35.5. The van der Waals surface area contributed by atoms with Gasteiger partial charge in [-0.3, -0.25) is 4.79 Å². The summed E-state index contributed by atoms with van der Waals surface area (Å²) < 4.78 is 0. The minimum Gasteiger partial charge on any atom is -0.341 e. The summed E-state index contributed by atoms with van der Waals surface area (Å²) in [5.41, 5.74) is 7.03. The lowest BCUT2D eigenvalue weighted by Gasteiger charge is -2.21. The summed E-state index contributed by atoms with van der Waals surface area (Å²) in [6, 6.07) is 7.34. The molecule has 86 valence electrons. The van der Waals surface area contributed by atoms with E-state index in [0.29, 0.717) is 18.0 Å². The van der Waals surface area contributed by atoms with Crippen LogP contribution >= 0.6 is 11.6 Å². The van der Waals surface area contributed by atoms with Crippen molar-refractivity contribution in [1.82, 2.24) is 4.90 Å². The number of likely N-dealkylation sites (tertiary alicyclic amines) is 1. The van der Waals surface area contributed by atoms with Crippen LogP contribution in [0.25, 0.3) is 0 Å². The zero-order chi connectivity index (χ0) is 11.5. The Morgan fingerprint density at radius 2 is 2.31 bits per heavy atom. The van der Waals surface area contributed by atoms with Gasteiger partial charge in [0.15, 0.2) is 0 Å². The van der Waals surface area contributed by atoms with Crippen LogP contribution in [-0.2, 0) is 4.79 Å². The first kappa shape index (κ1) is 11.4. The molecule has 1 unspecified atom stereocenters. The molecule has 0 saturated carbocycles. The van der Waals surface area contributed by atoms with Gasteiger partial charge in [-0.15, -0.1) is 0 Å². The van der Waals surface area contributed by atoms with Gasteiger partial charge in [0.05, 0.1) is 0 Å². The van der Waals surface area contributed by atoms with Gasteiger partial charge in [0.2, 0.25) is 5.91 Å². The van der Waals surface area contributed by atoms with E-state index in [1.165, 1.54) is 0 Å². The average Bonchev–Trinajstić information content (AvgIpc) is 2.64. The van der Waals surface area contributed by atoms with Crippen molar-refractivity contribution in [3.63, 3.8) is 0 Å². The maximum atomic E-state index is 11.5. The Kier molecular flexibility index (Phi) is 3.46. The summed E-state index contributed by atoms with van der Waals surface area (Å²) in [5.74, 6) is 0.206. The summed E-state index contributed by atoms with van der Waals surface area (Å²) in [6.45, 7) is 1.41. The van der Waals surface area contributed by atoms with E-state index in [2.05, 4.69) is 0 Å². The number of benzene rings is 1. The third kappa shape index (κ3) is 2.54. The number of carbonyl (C=O) groups is 1. The number of nitrogens with zero attached hydrogens (tertiary/aromatic N) is 1. The molecule has 0 aromatic heterocycles. The zero-order valence-electron chi connectivity index (χ0n) is 9.03. The molecule has 1 fully saturated rings. The summed E-state index contributed by atoms with van der Waals surface area (Å²) in [6.07, 6.45) is 1.60. The van der Waals surface area contributed by atoms with E-state index < -0.39 is 0 Å².